The minimum atomic E-state index is -0.0136. The van der Waals surface area contributed by atoms with E-state index in [4.69, 9.17) is 0 Å². The third kappa shape index (κ3) is 3.47. The monoisotopic (exact) mass is 263 g/mol. The maximum absolute atomic E-state index is 12.1. The lowest BCUT2D eigenvalue weighted by Crippen LogP contribution is -2.37. The molecule has 1 atom stereocenters. The van der Waals surface area contributed by atoms with Crippen molar-refractivity contribution in [1.82, 2.24) is 20.5 Å². The number of carbonyl (C=O) groups is 1. The maximum Gasteiger partial charge on any atom is 0.249 e. The van der Waals surface area contributed by atoms with Crippen molar-refractivity contribution in [3.63, 3.8) is 0 Å². The van der Waals surface area contributed by atoms with Crippen LogP contribution in [0.1, 0.15) is 38.1 Å². The zero-order valence-electron chi connectivity index (χ0n) is 11.6. The minimum absolute atomic E-state index is 0.00767. The Labute approximate surface area is 113 Å². The second-order valence-electron chi connectivity index (χ2n) is 4.77. The average Bonchev–Trinajstić information content (AvgIpc) is 2.48. The van der Waals surface area contributed by atoms with E-state index in [1.54, 1.807) is 0 Å². The van der Waals surface area contributed by atoms with E-state index in [1.165, 1.54) is 0 Å². The van der Waals surface area contributed by atoms with E-state index in [-0.39, 0.29) is 11.8 Å². The van der Waals surface area contributed by atoms with Crippen LogP contribution in [0.25, 0.3) is 0 Å². The predicted molar refractivity (Wildman–Crippen MR) is 72.8 cm³/mol. The van der Waals surface area contributed by atoms with Gasteiger partial charge in [-0.25, -0.2) is 4.98 Å². The van der Waals surface area contributed by atoms with Crippen LogP contribution in [0.2, 0.25) is 0 Å². The third-order valence-corrected chi connectivity index (χ3v) is 3.41. The highest BCUT2D eigenvalue weighted by molar-refractivity contribution is 5.91. The van der Waals surface area contributed by atoms with Crippen molar-refractivity contribution in [2.75, 3.05) is 18.4 Å². The molecular formula is C13H21N5O. The van der Waals surface area contributed by atoms with Gasteiger partial charge in [0.05, 0.1) is 17.3 Å². The number of nitrogens with zero attached hydrogens (tertiary/aromatic N) is 3. The first-order chi connectivity index (χ1) is 9.24. The number of amides is 1. The molecule has 1 aromatic heterocycles. The minimum Gasteiger partial charge on any atom is -0.316 e. The fourth-order valence-corrected chi connectivity index (χ4v) is 2.28. The summed E-state index contributed by atoms with van der Waals surface area (Å²) in [5, 5.41) is 14.1. The Morgan fingerprint density at radius 2 is 2.11 bits per heavy atom. The zero-order valence-corrected chi connectivity index (χ0v) is 11.6. The summed E-state index contributed by atoms with van der Waals surface area (Å²) in [7, 11) is 0. The number of aryl methyl sites for hydroxylation is 2. The first-order valence-electron chi connectivity index (χ1n) is 6.98. The normalized spacial score (nSPS) is 19.2. The number of nitrogens with one attached hydrogen (secondary N) is 2. The second kappa shape index (κ2) is 6.56. The second-order valence-corrected chi connectivity index (χ2v) is 4.77. The molecule has 19 heavy (non-hydrogen) atoms. The molecule has 1 fully saturated rings. The van der Waals surface area contributed by atoms with Gasteiger partial charge in [-0.05, 0) is 32.2 Å². The number of anilines is 1. The largest absolute Gasteiger partial charge is 0.316 e. The summed E-state index contributed by atoms with van der Waals surface area (Å²) in [4.78, 5) is 16.4. The SMILES string of the molecule is CCc1nnc(NC(=O)C2CCCNC2)nc1CC. The van der Waals surface area contributed by atoms with Crippen molar-refractivity contribution < 1.29 is 4.79 Å². The van der Waals surface area contributed by atoms with E-state index in [0.717, 1.165) is 50.2 Å². The molecule has 1 unspecified atom stereocenters. The van der Waals surface area contributed by atoms with Gasteiger partial charge < -0.3 is 5.32 Å². The lowest BCUT2D eigenvalue weighted by atomic mass is 9.99. The number of piperidine rings is 1. The molecule has 1 aromatic rings. The van der Waals surface area contributed by atoms with Crippen molar-refractivity contribution >= 4 is 11.9 Å². The molecule has 6 nitrogen and oxygen atoms in total. The van der Waals surface area contributed by atoms with Gasteiger partial charge in [0.25, 0.3) is 0 Å². The van der Waals surface area contributed by atoms with Gasteiger partial charge in [-0.15, -0.1) is 10.2 Å². The lowest BCUT2D eigenvalue weighted by molar-refractivity contribution is -0.120. The molecule has 1 aliphatic heterocycles. The van der Waals surface area contributed by atoms with E-state index < -0.39 is 0 Å². The molecule has 6 heteroatoms. The molecule has 0 radical (unpaired) electrons. The van der Waals surface area contributed by atoms with Gasteiger partial charge in [0, 0.05) is 6.54 Å². The van der Waals surface area contributed by atoms with Crippen LogP contribution in [0.5, 0.6) is 0 Å². The molecule has 1 amide bonds. The van der Waals surface area contributed by atoms with Gasteiger partial charge in [0.15, 0.2) is 0 Å². The molecule has 0 aliphatic carbocycles. The van der Waals surface area contributed by atoms with Gasteiger partial charge in [-0.1, -0.05) is 13.8 Å². The van der Waals surface area contributed by atoms with Crippen LogP contribution in [-0.2, 0) is 17.6 Å². The highest BCUT2D eigenvalue weighted by atomic mass is 16.2. The molecule has 2 heterocycles. The number of carbonyl (C=O) groups excluding carboxylic acids is 1. The topological polar surface area (TPSA) is 79.8 Å². The highest BCUT2D eigenvalue weighted by Gasteiger charge is 2.21. The first kappa shape index (κ1) is 13.9. The average molecular weight is 263 g/mol. The van der Waals surface area contributed by atoms with Crippen LogP contribution in [-0.4, -0.2) is 34.2 Å². The smallest absolute Gasteiger partial charge is 0.249 e. The summed E-state index contributed by atoms with van der Waals surface area (Å²) < 4.78 is 0. The molecule has 2 N–H and O–H groups in total. The van der Waals surface area contributed by atoms with Crippen molar-refractivity contribution in [1.29, 1.82) is 0 Å². The van der Waals surface area contributed by atoms with E-state index in [1.807, 2.05) is 13.8 Å². The van der Waals surface area contributed by atoms with Crippen LogP contribution < -0.4 is 10.6 Å². The summed E-state index contributed by atoms with van der Waals surface area (Å²) >= 11 is 0. The molecular weight excluding hydrogens is 242 g/mol. The predicted octanol–water partition coefficient (Wildman–Crippen LogP) is 0.934. The van der Waals surface area contributed by atoms with Crippen LogP contribution >= 0.6 is 0 Å². The third-order valence-electron chi connectivity index (χ3n) is 3.41. The summed E-state index contributed by atoms with van der Waals surface area (Å²) in [6.07, 6.45) is 3.56. The quantitative estimate of drug-likeness (QED) is 0.845. The van der Waals surface area contributed by atoms with Crippen LogP contribution in [0, 0.1) is 5.92 Å². The number of hydrogen-bond donors (Lipinski definition) is 2. The Bertz CT molecular complexity index is 443. The van der Waals surface area contributed by atoms with Crippen molar-refractivity contribution in [2.45, 2.75) is 39.5 Å². The summed E-state index contributed by atoms with van der Waals surface area (Å²) in [6.45, 7) is 5.77. The van der Waals surface area contributed by atoms with E-state index in [0.29, 0.717) is 5.95 Å². The van der Waals surface area contributed by atoms with Gasteiger partial charge >= 0.3 is 0 Å². The van der Waals surface area contributed by atoms with Gasteiger partial charge in [0.1, 0.15) is 0 Å². The Hall–Kier alpha value is -1.56. The molecule has 1 saturated heterocycles. The highest BCUT2D eigenvalue weighted by Crippen LogP contribution is 2.13. The van der Waals surface area contributed by atoms with Crippen molar-refractivity contribution in [3.8, 4) is 0 Å². The van der Waals surface area contributed by atoms with Gasteiger partial charge in [-0.3, -0.25) is 10.1 Å². The molecule has 0 bridgehead atoms. The first-order valence-corrected chi connectivity index (χ1v) is 6.98. The van der Waals surface area contributed by atoms with Crippen LogP contribution in [0.3, 0.4) is 0 Å². The number of aromatic nitrogens is 3. The van der Waals surface area contributed by atoms with Gasteiger partial charge in [-0.2, -0.15) is 0 Å². The fourth-order valence-electron chi connectivity index (χ4n) is 2.28. The number of hydrogen-bond acceptors (Lipinski definition) is 5. The number of rotatable bonds is 4. The molecule has 0 aromatic carbocycles. The van der Waals surface area contributed by atoms with Crippen LogP contribution in [0.4, 0.5) is 5.95 Å². The Morgan fingerprint density at radius 1 is 1.32 bits per heavy atom. The standard InChI is InChI=1S/C13H21N5O/c1-3-10-11(4-2)17-18-13(15-10)16-12(19)9-6-5-7-14-8-9/h9,14H,3-8H2,1-2H3,(H,15,16,18,19). The van der Waals surface area contributed by atoms with Crippen molar-refractivity contribution in [2.24, 2.45) is 5.92 Å². The summed E-state index contributed by atoms with van der Waals surface area (Å²) in [6, 6.07) is 0. The molecule has 0 saturated carbocycles. The molecule has 104 valence electrons. The fraction of sp³-hybridized carbons (Fsp3) is 0.692. The lowest BCUT2D eigenvalue weighted by Gasteiger charge is -2.21. The molecule has 0 spiro atoms. The van der Waals surface area contributed by atoms with Crippen molar-refractivity contribution in [3.05, 3.63) is 11.4 Å². The van der Waals surface area contributed by atoms with E-state index in [2.05, 4.69) is 25.8 Å². The van der Waals surface area contributed by atoms with Crippen LogP contribution in [0.15, 0.2) is 0 Å². The van der Waals surface area contributed by atoms with Gasteiger partial charge in [0.2, 0.25) is 11.9 Å². The Morgan fingerprint density at radius 3 is 2.74 bits per heavy atom. The summed E-state index contributed by atoms with van der Waals surface area (Å²) in [5.74, 6) is 0.318. The maximum atomic E-state index is 12.1. The van der Waals surface area contributed by atoms with E-state index >= 15 is 0 Å². The summed E-state index contributed by atoms with van der Waals surface area (Å²) in [5.41, 5.74) is 1.81. The Kier molecular flexibility index (Phi) is 4.79. The molecule has 2 rings (SSSR count). The zero-order chi connectivity index (χ0) is 13.7. The Balaban J connectivity index is 2.03. The molecule has 1 aliphatic rings. The van der Waals surface area contributed by atoms with E-state index in [9.17, 15) is 4.79 Å².